The summed E-state index contributed by atoms with van der Waals surface area (Å²) in [6.07, 6.45) is -1.29. The normalized spacial score (nSPS) is 11.8. The van der Waals surface area contributed by atoms with Gasteiger partial charge in [-0.3, -0.25) is 4.98 Å². The van der Waals surface area contributed by atoms with Gasteiger partial charge < -0.3 is 5.32 Å². The van der Waals surface area contributed by atoms with Crippen molar-refractivity contribution in [3.05, 3.63) is 34.6 Å². The van der Waals surface area contributed by atoms with Gasteiger partial charge in [0.2, 0.25) is 0 Å². The highest BCUT2D eigenvalue weighted by atomic mass is 32.1. The Labute approximate surface area is 112 Å². The van der Waals surface area contributed by atoms with Crippen LogP contribution in [-0.4, -0.2) is 17.0 Å². The Morgan fingerprint density at radius 1 is 1.37 bits per heavy atom. The SMILES string of the molecule is CNCc1sc(-c2cnccc2C)nc1C(F)(F)F. The van der Waals surface area contributed by atoms with Crippen LogP contribution < -0.4 is 5.32 Å². The van der Waals surface area contributed by atoms with E-state index < -0.39 is 11.9 Å². The van der Waals surface area contributed by atoms with E-state index in [1.54, 1.807) is 19.3 Å². The number of aryl methyl sites for hydroxylation is 1. The summed E-state index contributed by atoms with van der Waals surface area (Å²) in [5, 5.41) is 3.08. The molecule has 0 saturated carbocycles. The van der Waals surface area contributed by atoms with E-state index in [0.29, 0.717) is 10.6 Å². The summed E-state index contributed by atoms with van der Waals surface area (Å²) in [5.74, 6) is 0. The van der Waals surface area contributed by atoms with Gasteiger partial charge in [0.05, 0.1) is 4.88 Å². The lowest BCUT2D eigenvalue weighted by Gasteiger charge is -2.04. The topological polar surface area (TPSA) is 37.8 Å². The highest BCUT2D eigenvalue weighted by Gasteiger charge is 2.37. The molecule has 0 amide bonds. The first-order valence-electron chi connectivity index (χ1n) is 5.56. The zero-order valence-electron chi connectivity index (χ0n) is 10.4. The molecule has 0 unspecified atom stereocenters. The molecule has 0 aliphatic heterocycles. The fourth-order valence-corrected chi connectivity index (χ4v) is 2.83. The minimum absolute atomic E-state index is 0.145. The van der Waals surface area contributed by atoms with Gasteiger partial charge in [0.1, 0.15) is 5.01 Å². The van der Waals surface area contributed by atoms with Gasteiger partial charge in [-0.25, -0.2) is 4.98 Å². The Morgan fingerprint density at radius 2 is 2.11 bits per heavy atom. The predicted octanol–water partition coefficient (Wildman–Crippen LogP) is 3.25. The monoisotopic (exact) mass is 287 g/mol. The van der Waals surface area contributed by atoms with E-state index >= 15 is 0 Å². The molecule has 0 aliphatic carbocycles. The number of alkyl halides is 3. The standard InChI is InChI=1S/C12H12F3N3S/c1-7-3-4-17-5-8(7)11-18-10(12(13,14)15)9(19-11)6-16-2/h3-5,16H,6H2,1-2H3. The van der Waals surface area contributed by atoms with Crippen LogP contribution >= 0.6 is 11.3 Å². The van der Waals surface area contributed by atoms with Crippen molar-refractivity contribution < 1.29 is 13.2 Å². The lowest BCUT2D eigenvalue weighted by Crippen LogP contribution is -2.12. The third kappa shape index (κ3) is 2.93. The fourth-order valence-electron chi connectivity index (χ4n) is 1.66. The number of aromatic nitrogens is 2. The molecule has 102 valence electrons. The van der Waals surface area contributed by atoms with Gasteiger partial charge in [0.25, 0.3) is 0 Å². The third-order valence-corrected chi connectivity index (χ3v) is 3.66. The number of thiazole rings is 1. The molecule has 0 fully saturated rings. The van der Waals surface area contributed by atoms with E-state index in [9.17, 15) is 13.2 Å². The van der Waals surface area contributed by atoms with Crippen molar-refractivity contribution in [3.8, 4) is 10.6 Å². The maximum atomic E-state index is 12.9. The summed E-state index contributed by atoms with van der Waals surface area (Å²) >= 11 is 1.04. The summed E-state index contributed by atoms with van der Waals surface area (Å²) < 4.78 is 38.7. The Kier molecular flexibility index (Phi) is 3.86. The van der Waals surface area contributed by atoms with Crippen molar-refractivity contribution in [1.82, 2.24) is 15.3 Å². The Bertz CT molecular complexity index is 578. The molecule has 0 aliphatic rings. The van der Waals surface area contributed by atoms with Gasteiger partial charge >= 0.3 is 6.18 Å². The van der Waals surface area contributed by atoms with Crippen LogP contribution in [0.5, 0.6) is 0 Å². The molecule has 0 aromatic carbocycles. The van der Waals surface area contributed by atoms with Gasteiger partial charge in [0.15, 0.2) is 5.69 Å². The second kappa shape index (κ2) is 5.26. The van der Waals surface area contributed by atoms with E-state index in [-0.39, 0.29) is 11.4 Å². The summed E-state index contributed by atoms with van der Waals surface area (Å²) in [5.41, 5.74) is 0.680. The molecule has 2 aromatic heterocycles. The van der Waals surface area contributed by atoms with E-state index in [2.05, 4.69) is 15.3 Å². The van der Waals surface area contributed by atoms with Crippen LogP contribution in [-0.2, 0) is 12.7 Å². The molecule has 0 bridgehead atoms. The van der Waals surface area contributed by atoms with E-state index in [1.165, 1.54) is 6.20 Å². The van der Waals surface area contributed by atoms with Gasteiger partial charge in [-0.05, 0) is 25.6 Å². The zero-order chi connectivity index (χ0) is 14.0. The highest BCUT2D eigenvalue weighted by Crippen LogP contribution is 2.38. The molecule has 0 atom stereocenters. The summed E-state index contributed by atoms with van der Waals surface area (Å²) in [4.78, 5) is 7.87. The van der Waals surface area contributed by atoms with Gasteiger partial charge in [0, 0.05) is 24.5 Å². The number of hydrogen-bond acceptors (Lipinski definition) is 4. The average molecular weight is 287 g/mol. The Hall–Kier alpha value is -1.47. The van der Waals surface area contributed by atoms with Crippen molar-refractivity contribution in [1.29, 1.82) is 0 Å². The second-order valence-electron chi connectivity index (χ2n) is 4.01. The van der Waals surface area contributed by atoms with E-state index in [0.717, 1.165) is 16.9 Å². The van der Waals surface area contributed by atoms with Crippen molar-refractivity contribution in [2.75, 3.05) is 7.05 Å². The first kappa shape index (κ1) is 14.0. The smallest absolute Gasteiger partial charge is 0.315 e. The quantitative estimate of drug-likeness (QED) is 0.941. The first-order chi connectivity index (χ1) is 8.93. The zero-order valence-corrected chi connectivity index (χ0v) is 11.2. The maximum absolute atomic E-state index is 12.9. The number of halogens is 3. The molecule has 2 aromatic rings. The van der Waals surface area contributed by atoms with Crippen LogP contribution in [0.3, 0.4) is 0 Å². The van der Waals surface area contributed by atoms with Crippen molar-refractivity contribution >= 4 is 11.3 Å². The molecule has 0 saturated heterocycles. The fraction of sp³-hybridized carbons (Fsp3) is 0.333. The summed E-state index contributed by atoms with van der Waals surface area (Å²) in [6, 6.07) is 1.75. The van der Waals surface area contributed by atoms with Crippen molar-refractivity contribution in [2.24, 2.45) is 0 Å². The van der Waals surface area contributed by atoms with Crippen LogP contribution in [0.4, 0.5) is 13.2 Å². The van der Waals surface area contributed by atoms with Crippen LogP contribution in [0.15, 0.2) is 18.5 Å². The van der Waals surface area contributed by atoms with E-state index in [4.69, 9.17) is 0 Å². The lowest BCUT2D eigenvalue weighted by atomic mass is 10.2. The average Bonchev–Trinajstić information content (AvgIpc) is 2.74. The maximum Gasteiger partial charge on any atom is 0.434 e. The molecule has 0 radical (unpaired) electrons. The van der Waals surface area contributed by atoms with Crippen LogP contribution in [0, 0.1) is 6.92 Å². The van der Waals surface area contributed by atoms with Crippen molar-refractivity contribution in [3.63, 3.8) is 0 Å². The van der Waals surface area contributed by atoms with Crippen molar-refractivity contribution in [2.45, 2.75) is 19.6 Å². The molecule has 3 nitrogen and oxygen atoms in total. The molecule has 2 rings (SSSR count). The number of nitrogens with zero attached hydrogens (tertiary/aromatic N) is 2. The first-order valence-corrected chi connectivity index (χ1v) is 6.37. The van der Waals surface area contributed by atoms with E-state index in [1.807, 2.05) is 6.92 Å². The predicted molar refractivity (Wildman–Crippen MR) is 67.8 cm³/mol. The molecular formula is C12H12F3N3S. The van der Waals surface area contributed by atoms with Gasteiger partial charge in [-0.2, -0.15) is 13.2 Å². The number of rotatable bonds is 3. The Morgan fingerprint density at radius 3 is 2.68 bits per heavy atom. The lowest BCUT2D eigenvalue weighted by molar-refractivity contribution is -0.141. The van der Waals surface area contributed by atoms with Crippen LogP contribution in [0.1, 0.15) is 16.1 Å². The van der Waals surface area contributed by atoms with Crippen LogP contribution in [0.2, 0.25) is 0 Å². The van der Waals surface area contributed by atoms with Gasteiger partial charge in [-0.1, -0.05) is 0 Å². The number of hydrogen-bond donors (Lipinski definition) is 1. The molecule has 2 heterocycles. The number of pyridine rings is 1. The largest absolute Gasteiger partial charge is 0.434 e. The minimum Gasteiger partial charge on any atom is -0.315 e. The molecular weight excluding hydrogens is 275 g/mol. The molecule has 7 heteroatoms. The van der Waals surface area contributed by atoms with Crippen LogP contribution in [0.25, 0.3) is 10.6 Å². The second-order valence-corrected chi connectivity index (χ2v) is 5.09. The molecule has 1 N–H and O–H groups in total. The Balaban J connectivity index is 2.52. The molecule has 19 heavy (non-hydrogen) atoms. The highest BCUT2D eigenvalue weighted by molar-refractivity contribution is 7.15. The van der Waals surface area contributed by atoms with Gasteiger partial charge in [-0.15, -0.1) is 11.3 Å². The summed E-state index contributed by atoms with van der Waals surface area (Å²) in [6.45, 7) is 1.97. The minimum atomic E-state index is -4.43. The number of nitrogens with one attached hydrogen (secondary N) is 1. The summed E-state index contributed by atoms with van der Waals surface area (Å²) in [7, 11) is 1.61. The molecule has 0 spiro atoms. The third-order valence-electron chi connectivity index (χ3n) is 2.57.